The minimum atomic E-state index is 0.176. The van der Waals surface area contributed by atoms with Crippen LogP contribution in [0.3, 0.4) is 0 Å². The molecular formula is C20H28ClNO3. The van der Waals surface area contributed by atoms with Gasteiger partial charge in [0.15, 0.2) is 0 Å². The van der Waals surface area contributed by atoms with Crippen molar-refractivity contribution < 1.29 is 14.3 Å². The summed E-state index contributed by atoms with van der Waals surface area (Å²) in [4.78, 5) is 14.7. The summed E-state index contributed by atoms with van der Waals surface area (Å²) < 4.78 is 11.0. The Hall–Kier alpha value is -1.26. The maximum atomic E-state index is 12.6. The Labute approximate surface area is 155 Å². The van der Waals surface area contributed by atoms with E-state index in [1.165, 1.54) is 5.56 Å². The van der Waals surface area contributed by atoms with Crippen molar-refractivity contribution in [1.82, 2.24) is 4.90 Å². The zero-order valence-electron chi connectivity index (χ0n) is 14.8. The molecule has 0 saturated carbocycles. The molecule has 1 aromatic carbocycles. The molecule has 0 aliphatic carbocycles. The number of hydrogen-bond donors (Lipinski definition) is 0. The van der Waals surface area contributed by atoms with Gasteiger partial charge in [-0.1, -0.05) is 12.1 Å². The summed E-state index contributed by atoms with van der Waals surface area (Å²) in [6.45, 7) is 3.86. The van der Waals surface area contributed by atoms with Gasteiger partial charge < -0.3 is 14.4 Å². The number of hydrogen-bond acceptors (Lipinski definition) is 3. The van der Waals surface area contributed by atoms with Crippen molar-refractivity contribution in [2.45, 2.75) is 38.0 Å². The van der Waals surface area contributed by atoms with Crippen LogP contribution in [0, 0.1) is 5.92 Å². The lowest BCUT2D eigenvalue weighted by atomic mass is 9.88. The van der Waals surface area contributed by atoms with Crippen molar-refractivity contribution in [3.8, 4) is 5.75 Å². The van der Waals surface area contributed by atoms with Gasteiger partial charge in [0.25, 0.3) is 0 Å². The molecule has 0 bridgehead atoms. The molecule has 2 fully saturated rings. The SMILES string of the molecule is O=C(C1CCOCC1)N1CCC(c2ccc(OCCCCl)cc2)CC1. The maximum Gasteiger partial charge on any atom is 0.225 e. The Balaban J connectivity index is 1.47. The van der Waals surface area contributed by atoms with E-state index in [4.69, 9.17) is 21.1 Å². The van der Waals surface area contributed by atoms with E-state index in [9.17, 15) is 4.79 Å². The lowest BCUT2D eigenvalue weighted by molar-refractivity contribution is -0.139. The van der Waals surface area contributed by atoms with Gasteiger partial charge in [0, 0.05) is 38.1 Å². The number of ether oxygens (including phenoxy) is 2. The van der Waals surface area contributed by atoms with Gasteiger partial charge in [0.05, 0.1) is 6.61 Å². The zero-order chi connectivity index (χ0) is 17.5. The summed E-state index contributed by atoms with van der Waals surface area (Å²) >= 11 is 5.66. The molecule has 0 radical (unpaired) electrons. The molecule has 4 nitrogen and oxygen atoms in total. The number of amides is 1. The van der Waals surface area contributed by atoms with Crippen molar-refractivity contribution in [1.29, 1.82) is 0 Å². The minimum Gasteiger partial charge on any atom is -0.494 e. The van der Waals surface area contributed by atoms with Crippen LogP contribution < -0.4 is 4.74 Å². The van der Waals surface area contributed by atoms with Crippen LogP contribution in [-0.2, 0) is 9.53 Å². The normalized spacial score (nSPS) is 19.8. The molecule has 2 aliphatic heterocycles. The average molecular weight is 366 g/mol. The summed E-state index contributed by atoms with van der Waals surface area (Å²) in [5, 5.41) is 0. The number of nitrogens with zero attached hydrogens (tertiary/aromatic N) is 1. The van der Waals surface area contributed by atoms with Gasteiger partial charge in [-0.15, -0.1) is 11.6 Å². The van der Waals surface area contributed by atoms with E-state index in [1.54, 1.807) is 0 Å². The van der Waals surface area contributed by atoms with Crippen LogP contribution >= 0.6 is 11.6 Å². The first kappa shape index (κ1) is 18.5. The predicted molar refractivity (Wildman–Crippen MR) is 99.4 cm³/mol. The van der Waals surface area contributed by atoms with Crippen LogP contribution in [0.4, 0.5) is 0 Å². The highest BCUT2D eigenvalue weighted by Gasteiger charge is 2.29. The highest BCUT2D eigenvalue weighted by molar-refractivity contribution is 6.17. The van der Waals surface area contributed by atoms with Crippen LogP contribution in [0.15, 0.2) is 24.3 Å². The van der Waals surface area contributed by atoms with Gasteiger partial charge in [0.1, 0.15) is 5.75 Å². The number of alkyl halides is 1. The molecule has 3 rings (SSSR count). The summed E-state index contributed by atoms with van der Waals surface area (Å²) in [6, 6.07) is 8.42. The molecule has 1 amide bonds. The van der Waals surface area contributed by atoms with Gasteiger partial charge in [-0.05, 0) is 55.7 Å². The number of carbonyl (C=O) groups is 1. The highest BCUT2D eigenvalue weighted by atomic mass is 35.5. The molecule has 0 spiro atoms. The summed E-state index contributed by atoms with van der Waals surface area (Å²) in [5.74, 6) is 2.58. The number of halogens is 1. The Morgan fingerprint density at radius 3 is 2.44 bits per heavy atom. The lowest BCUT2D eigenvalue weighted by Gasteiger charge is -2.35. The van der Waals surface area contributed by atoms with Gasteiger partial charge in [0.2, 0.25) is 5.91 Å². The Kier molecular flexibility index (Phi) is 7.00. The molecule has 5 heteroatoms. The van der Waals surface area contributed by atoms with Crippen molar-refractivity contribution >= 4 is 17.5 Å². The Bertz CT molecular complexity index is 534. The second kappa shape index (κ2) is 9.44. The molecule has 2 aliphatic rings. The molecule has 138 valence electrons. The van der Waals surface area contributed by atoms with Crippen molar-refractivity contribution in [3.63, 3.8) is 0 Å². The van der Waals surface area contributed by atoms with E-state index in [-0.39, 0.29) is 5.92 Å². The van der Waals surface area contributed by atoms with Crippen molar-refractivity contribution in [2.75, 3.05) is 38.8 Å². The second-order valence-corrected chi connectivity index (χ2v) is 7.32. The number of likely N-dealkylation sites (tertiary alicyclic amines) is 1. The van der Waals surface area contributed by atoms with Crippen LogP contribution in [0.25, 0.3) is 0 Å². The number of piperidine rings is 1. The molecule has 2 heterocycles. The average Bonchev–Trinajstić information content (AvgIpc) is 2.69. The molecule has 0 unspecified atom stereocenters. The van der Waals surface area contributed by atoms with E-state index in [0.29, 0.717) is 24.3 Å². The standard InChI is InChI=1S/C20H28ClNO3/c21-10-1-13-25-19-4-2-16(3-5-19)17-6-11-22(12-7-17)20(23)18-8-14-24-15-9-18/h2-5,17-18H,1,6-15H2. The smallest absolute Gasteiger partial charge is 0.225 e. The predicted octanol–water partition coefficient (Wildman–Crippen LogP) is 3.83. The monoisotopic (exact) mass is 365 g/mol. The molecule has 0 N–H and O–H groups in total. The van der Waals surface area contributed by atoms with Gasteiger partial charge >= 0.3 is 0 Å². The molecule has 0 aromatic heterocycles. The summed E-state index contributed by atoms with van der Waals surface area (Å²) in [5.41, 5.74) is 1.35. The lowest BCUT2D eigenvalue weighted by Crippen LogP contribution is -2.42. The fraction of sp³-hybridized carbons (Fsp3) is 0.650. The van der Waals surface area contributed by atoms with Crippen LogP contribution in [-0.4, -0.2) is 49.6 Å². The van der Waals surface area contributed by atoms with Gasteiger partial charge in [-0.2, -0.15) is 0 Å². The molecule has 2 saturated heterocycles. The largest absolute Gasteiger partial charge is 0.494 e. The number of rotatable bonds is 6. The summed E-state index contributed by atoms with van der Waals surface area (Å²) in [7, 11) is 0. The van der Waals surface area contributed by atoms with E-state index in [2.05, 4.69) is 17.0 Å². The van der Waals surface area contributed by atoms with Crippen LogP contribution in [0.1, 0.15) is 43.6 Å². The first-order valence-electron chi connectivity index (χ1n) is 9.43. The number of carbonyl (C=O) groups excluding carboxylic acids is 1. The fourth-order valence-corrected chi connectivity index (χ4v) is 3.83. The zero-order valence-corrected chi connectivity index (χ0v) is 15.5. The third kappa shape index (κ3) is 5.11. The van der Waals surface area contributed by atoms with Crippen molar-refractivity contribution in [2.24, 2.45) is 5.92 Å². The van der Waals surface area contributed by atoms with Gasteiger partial charge in [-0.25, -0.2) is 0 Å². The van der Waals surface area contributed by atoms with Crippen LogP contribution in [0.2, 0.25) is 0 Å². The molecule has 0 atom stereocenters. The van der Waals surface area contributed by atoms with E-state index in [1.807, 2.05) is 12.1 Å². The van der Waals surface area contributed by atoms with Crippen molar-refractivity contribution in [3.05, 3.63) is 29.8 Å². The molecule has 25 heavy (non-hydrogen) atoms. The first-order valence-corrected chi connectivity index (χ1v) is 9.96. The van der Waals surface area contributed by atoms with Crippen LogP contribution in [0.5, 0.6) is 5.75 Å². The van der Waals surface area contributed by atoms with E-state index < -0.39 is 0 Å². The third-order valence-corrected chi connectivity index (χ3v) is 5.54. The van der Waals surface area contributed by atoms with Gasteiger partial charge in [-0.3, -0.25) is 4.79 Å². The first-order chi connectivity index (χ1) is 12.3. The highest BCUT2D eigenvalue weighted by Crippen LogP contribution is 2.30. The third-order valence-electron chi connectivity index (χ3n) is 5.28. The Morgan fingerprint density at radius 2 is 1.80 bits per heavy atom. The number of benzene rings is 1. The van der Waals surface area contributed by atoms with E-state index in [0.717, 1.165) is 64.2 Å². The Morgan fingerprint density at radius 1 is 1.12 bits per heavy atom. The topological polar surface area (TPSA) is 38.8 Å². The summed E-state index contributed by atoms with van der Waals surface area (Å²) in [6.07, 6.45) is 4.71. The molecule has 1 aromatic rings. The minimum absolute atomic E-state index is 0.176. The quantitative estimate of drug-likeness (QED) is 0.568. The molecular weight excluding hydrogens is 338 g/mol. The second-order valence-electron chi connectivity index (χ2n) is 6.95. The van der Waals surface area contributed by atoms with E-state index >= 15 is 0 Å². The maximum absolute atomic E-state index is 12.6. The fourth-order valence-electron chi connectivity index (χ4n) is 3.72.